The molecule has 1 saturated heterocycles. The van der Waals surface area contributed by atoms with Crippen LogP contribution in [-0.2, 0) is 6.42 Å². The molecule has 3 aromatic rings. The van der Waals surface area contributed by atoms with Gasteiger partial charge in [-0.05, 0) is 43.2 Å². The summed E-state index contributed by atoms with van der Waals surface area (Å²) in [7, 11) is 0. The summed E-state index contributed by atoms with van der Waals surface area (Å²) in [6, 6.07) is 13.7. The van der Waals surface area contributed by atoms with Gasteiger partial charge in [-0.2, -0.15) is 4.37 Å². The first kappa shape index (κ1) is 22.0. The van der Waals surface area contributed by atoms with Gasteiger partial charge in [-0.15, -0.1) is 0 Å². The first-order valence-corrected chi connectivity index (χ1v) is 11.5. The molecule has 0 saturated carbocycles. The molecule has 0 radical (unpaired) electrons. The van der Waals surface area contributed by atoms with Crippen LogP contribution in [0.3, 0.4) is 0 Å². The van der Waals surface area contributed by atoms with Crippen molar-refractivity contribution in [3.63, 3.8) is 0 Å². The summed E-state index contributed by atoms with van der Waals surface area (Å²) in [6.07, 6.45) is 1.41. The molecule has 1 aromatic heterocycles. The lowest BCUT2D eigenvalue weighted by molar-refractivity contribution is 0.215. The van der Waals surface area contributed by atoms with Crippen molar-refractivity contribution in [2.24, 2.45) is 0 Å². The number of ether oxygens (including phenoxy) is 1. The highest BCUT2D eigenvalue weighted by Crippen LogP contribution is 2.25. The zero-order valence-electron chi connectivity index (χ0n) is 18.0. The predicted octanol–water partition coefficient (Wildman–Crippen LogP) is 4.41. The Bertz CT molecular complexity index is 1040. The number of urea groups is 1. The van der Waals surface area contributed by atoms with E-state index in [1.165, 1.54) is 23.7 Å². The monoisotopic (exact) mass is 455 g/mol. The van der Waals surface area contributed by atoms with Gasteiger partial charge < -0.3 is 19.9 Å². The van der Waals surface area contributed by atoms with Crippen LogP contribution in [0.15, 0.2) is 48.5 Å². The molecule has 4 rings (SSSR count). The van der Waals surface area contributed by atoms with Gasteiger partial charge in [-0.3, -0.25) is 0 Å². The number of carbonyl (C=O) groups is 1. The minimum Gasteiger partial charge on any atom is -0.492 e. The van der Waals surface area contributed by atoms with Gasteiger partial charge in [0.05, 0.1) is 12.3 Å². The number of nitrogens with zero attached hydrogens (tertiary/aromatic N) is 4. The van der Waals surface area contributed by atoms with Crippen LogP contribution in [-0.4, -0.2) is 53.1 Å². The van der Waals surface area contributed by atoms with E-state index < -0.39 is 0 Å². The van der Waals surface area contributed by atoms with Crippen LogP contribution in [0.1, 0.15) is 24.7 Å². The number of rotatable bonds is 6. The largest absolute Gasteiger partial charge is 0.492 e. The van der Waals surface area contributed by atoms with E-state index in [0.717, 1.165) is 29.5 Å². The van der Waals surface area contributed by atoms with Crippen molar-refractivity contribution in [2.45, 2.75) is 19.8 Å². The van der Waals surface area contributed by atoms with Crippen molar-refractivity contribution in [3.05, 3.63) is 65.7 Å². The van der Waals surface area contributed by atoms with Gasteiger partial charge in [-0.1, -0.05) is 24.3 Å². The minimum atomic E-state index is -0.250. The van der Waals surface area contributed by atoms with Crippen molar-refractivity contribution in [2.75, 3.05) is 43.0 Å². The Morgan fingerprint density at radius 2 is 1.94 bits per heavy atom. The molecule has 1 fully saturated rings. The molecule has 2 aromatic carbocycles. The number of amides is 2. The van der Waals surface area contributed by atoms with Gasteiger partial charge in [0.15, 0.2) is 0 Å². The van der Waals surface area contributed by atoms with Crippen LogP contribution >= 0.6 is 11.5 Å². The highest BCUT2D eigenvalue weighted by molar-refractivity contribution is 7.09. The average Bonchev–Trinajstić information content (AvgIpc) is 3.11. The molecule has 2 amide bonds. The standard InChI is InChI=1S/C23H26FN5O2S/c1-2-31-20-7-4-3-6-19(20)25-22(30)28-12-5-13-29(15-14-28)23-26-21(27-32-23)16-17-8-10-18(24)11-9-17/h3-4,6-11H,2,5,12-16H2,1H3,(H,25,30). The fraction of sp³-hybridized carbons (Fsp3) is 0.348. The first-order valence-electron chi connectivity index (χ1n) is 10.7. The van der Waals surface area contributed by atoms with E-state index in [0.29, 0.717) is 44.1 Å². The second kappa shape index (κ2) is 10.4. The lowest BCUT2D eigenvalue weighted by Gasteiger charge is -2.22. The maximum Gasteiger partial charge on any atom is 0.322 e. The number of carbonyl (C=O) groups excluding carboxylic acids is 1. The highest BCUT2D eigenvalue weighted by Gasteiger charge is 2.22. The maximum absolute atomic E-state index is 13.1. The van der Waals surface area contributed by atoms with E-state index in [1.807, 2.05) is 36.1 Å². The van der Waals surface area contributed by atoms with Crippen molar-refractivity contribution < 1.29 is 13.9 Å². The Kier molecular flexibility index (Phi) is 7.16. The fourth-order valence-electron chi connectivity index (χ4n) is 3.59. The number of para-hydroxylation sites is 2. The molecule has 0 spiro atoms. The van der Waals surface area contributed by atoms with Crippen molar-refractivity contribution in [1.29, 1.82) is 0 Å². The number of anilines is 2. The van der Waals surface area contributed by atoms with E-state index in [4.69, 9.17) is 4.74 Å². The lowest BCUT2D eigenvalue weighted by Crippen LogP contribution is -2.38. The van der Waals surface area contributed by atoms with Crippen molar-refractivity contribution in [3.8, 4) is 5.75 Å². The van der Waals surface area contributed by atoms with Gasteiger partial charge in [0.25, 0.3) is 0 Å². The molecule has 7 nitrogen and oxygen atoms in total. The van der Waals surface area contributed by atoms with E-state index in [9.17, 15) is 9.18 Å². The minimum absolute atomic E-state index is 0.131. The molecular weight excluding hydrogens is 429 g/mol. The average molecular weight is 456 g/mol. The van der Waals surface area contributed by atoms with Crippen molar-refractivity contribution >= 4 is 28.4 Å². The first-order chi connectivity index (χ1) is 15.6. The van der Waals surface area contributed by atoms with E-state index >= 15 is 0 Å². The second-order valence-corrected chi connectivity index (χ2v) is 8.21. The smallest absolute Gasteiger partial charge is 0.322 e. The number of aromatic nitrogens is 2. The molecule has 9 heteroatoms. The number of nitrogens with one attached hydrogen (secondary N) is 1. The Morgan fingerprint density at radius 1 is 1.12 bits per heavy atom. The van der Waals surface area contributed by atoms with Crippen LogP contribution in [0.4, 0.5) is 20.0 Å². The van der Waals surface area contributed by atoms with Crippen LogP contribution < -0.4 is 15.0 Å². The second-order valence-electron chi connectivity index (χ2n) is 7.48. The van der Waals surface area contributed by atoms with E-state index in [-0.39, 0.29) is 11.8 Å². The normalized spacial score (nSPS) is 14.2. The zero-order valence-corrected chi connectivity index (χ0v) is 18.8. The molecule has 32 heavy (non-hydrogen) atoms. The Labute approximate surface area is 191 Å². The van der Waals surface area contributed by atoms with Gasteiger partial charge in [0.1, 0.15) is 17.4 Å². The Hall–Kier alpha value is -3.20. The molecule has 0 unspecified atom stereocenters. The number of halogens is 1. The molecule has 1 N–H and O–H groups in total. The molecule has 0 aliphatic carbocycles. The molecule has 0 bridgehead atoms. The topological polar surface area (TPSA) is 70.6 Å². The van der Waals surface area contributed by atoms with E-state index in [1.54, 1.807) is 12.1 Å². The summed E-state index contributed by atoms with van der Waals surface area (Å²) in [6.45, 7) is 5.21. The number of hydrogen-bond donors (Lipinski definition) is 1. The molecule has 168 valence electrons. The molecule has 2 heterocycles. The fourth-order valence-corrected chi connectivity index (χ4v) is 4.32. The van der Waals surface area contributed by atoms with Gasteiger partial charge in [0.2, 0.25) is 5.13 Å². The van der Waals surface area contributed by atoms with Crippen LogP contribution in [0.2, 0.25) is 0 Å². The van der Waals surface area contributed by atoms with Gasteiger partial charge >= 0.3 is 6.03 Å². The summed E-state index contributed by atoms with van der Waals surface area (Å²) in [5, 5.41) is 3.83. The zero-order chi connectivity index (χ0) is 22.3. The van der Waals surface area contributed by atoms with Gasteiger partial charge in [-0.25, -0.2) is 14.2 Å². The van der Waals surface area contributed by atoms with E-state index in [2.05, 4.69) is 19.6 Å². The predicted molar refractivity (Wildman–Crippen MR) is 124 cm³/mol. The molecule has 1 aliphatic rings. The van der Waals surface area contributed by atoms with Gasteiger partial charge in [0, 0.05) is 44.1 Å². The Morgan fingerprint density at radius 3 is 2.75 bits per heavy atom. The summed E-state index contributed by atoms with van der Waals surface area (Å²) < 4.78 is 23.2. The van der Waals surface area contributed by atoms with Crippen molar-refractivity contribution in [1.82, 2.24) is 14.3 Å². The third kappa shape index (κ3) is 5.53. The highest BCUT2D eigenvalue weighted by atomic mass is 32.1. The van der Waals surface area contributed by atoms with Crippen LogP contribution in [0.5, 0.6) is 5.75 Å². The maximum atomic E-state index is 13.1. The lowest BCUT2D eigenvalue weighted by atomic mass is 10.1. The summed E-state index contributed by atoms with van der Waals surface area (Å²) in [5.74, 6) is 1.14. The summed E-state index contributed by atoms with van der Waals surface area (Å²) in [4.78, 5) is 21.5. The quantitative estimate of drug-likeness (QED) is 0.596. The molecule has 0 atom stereocenters. The summed E-state index contributed by atoms with van der Waals surface area (Å²) >= 11 is 1.36. The summed E-state index contributed by atoms with van der Waals surface area (Å²) in [5.41, 5.74) is 1.65. The SMILES string of the molecule is CCOc1ccccc1NC(=O)N1CCCN(c2nc(Cc3ccc(F)cc3)ns2)CC1. The Balaban J connectivity index is 1.35. The number of benzene rings is 2. The van der Waals surface area contributed by atoms with Crippen LogP contribution in [0.25, 0.3) is 0 Å². The number of hydrogen-bond acceptors (Lipinski definition) is 6. The third-order valence-electron chi connectivity index (χ3n) is 5.21. The molecular formula is C23H26FN5O2S. The third-order valence-corrected chi connectivity index (χ3v) is 6.03. The molecule has 1 aliphatic heterocycles. The van der Waals surface area contributed by atoms with Crippen LogP contribution in [0, 0.1) is 5.82 Å².